The van der Waals surface area contributed by atoms with Gasteiger partial charge in [0.1, 0.15) is 0 Å². The maximum Gasteiger partial charge on any atom is 0.0915 e. The Hall–Kier alpha value is -0.146. The van der Waals surface area contributed by atoms with Crippen LogP contribution in [-0.2, 0) is 32.7 Å². The molecule has 1 aromatic heterocycles. The summed E-state index contributed by atoms with van der Waals surface area (Å²) in [7, 11) is 0. The molecule has 0 aliphatic rings. The van der Waals surface area contributed by atoms with Crippen molar-refractivity contribution in [2.45, 2.75) is 0 Å². The van der Waals surface area contributed by atoms with Gasteiger partial charge in [0, 0.05) is 32.7 Å². The van der Waals surface area contributed by atoms with Crippen molar-refractivity contribution in [3.05, 3.63) is 18.6 Å². The molecule has 1 aromatic rings. The number of nitrogens with zero attached hydrogens (tertiary/aromatic N) is 3. The minimum absolute atomic E-state index is 0. The van der Waals surface area contributed by atoms with Crippen LogP contribution in [0.2, 0.25) is 0 Å². The fourth-order valence-corrected chi connectivity index (χ4v) is 0.324. The smallest absolute Gasteiger partial charge is 0.0915 e. The van der Waals surface area contributed by atoms with Crippen molar-refractivity contribution in [1.82, 2.24) is 9.97 Å². The van der Waals surface area contributed by atoms with Crippen LogP contribution in [0.1, 0.15) is 0 Å². The average Bonchev–Trinajstić information content (AvgIpc) is 1.90. The summed E-state index contributed by atoms with van der Waals surface area (Å²) in [5.41, 5.74) is 0. The van der Waals surface area contributed by atoms with Crippen LogP contribution < -0.4 is 0 Å². The maximum atomic E-state index is 4.85. The summed E-state index contributed by atoms with van der Waals surface area (Å²) in [5.74, 6) is 0.375. The summed E-state index contributed by atoms with van der Waals surface area (Å²) in [6.45, 7) is 4.85. The van der Waals surface area contributed by atoms with Gasteiger partial charge < -0.3 is 16.0 Å². The molecule has 0 saturated heterocycles. The third-order valence-corrected chi connectivity index (χ3v) is 0.637. The molecule has 0 spiro atoms. The Morgan fingerprint density at radius 1 is 1.67 bits per heavy atom. The zero-order chi connectivity index (χ0) is 5.82. The first-order valence-electron chi connectivity index (χ1n) is 2.02. The van der Waals surface area contributed by atoms with E-state index in [0.29, 0.717) is 5.82 Å². The number of hydrogen-bond acceptors (Lipinski definition) is 3. The van der Waals surface area contributed by atoms with E-state index in [-0.39, 0.29) is 32.7 Å². The largest absolute Gasteiger partial charge is 0.514 e. The Morgan fingerprint density at radius 3 is 2.78 bits per heavy atom. The van der Waals surface area contributed by atoms with Crippen molar-refractivity contribution in [2.24, 2.45) is 4.99 Å². The molecular weight excluding hydrogens is 191 g/mol. The van der Waals surface area contributed by atoms with Crippen LogP contribution in [0.15, 0.2) is 17.5 Å². The first kappa shape index (κ1) is 8.85. The van der Waals surface area contributed by atoms with E-state index < -0.39 is 0 Å². The van der Waals surface area contributed by atoms with Gasteiger partial charge in [-0.1, -0.05) is 0 Å². The van der Waals surface area contributed by atoms with E-state index in [1.165, 1.54) is 12.5 Å². The van der Waals surface area contributed by atoms with Crippen LogP contribution in [0, 0.1) is 6.07 Å². The Kier molecular flexibility index (Phi) is 4.63. The standard InChI is InChI=1S/C5H3N3.Y/c1-6-5-2-3-7-4-8-5;/h1,3-4H;/q-2;. The molecule has 4 heteroatoms. The van der Waals surface area contributed by atoms with E-state index >= 15 is 0 Å². The van der Waals surface area contributed by atoms with E-state index in [1.54, 1.807) is 0 Å². The van der Waals surface area contributed by atoms with Gasteiger partial charge in [-0.2, -0.15) is 18.7 Å². The Balaban J connectivity index is 0.000000640. The van der Waals surface area contributed by atoms with Gasteiger partial charge in [-0.3, -0.25) is 4.98 Å². The third kappa shape index (κ3) is 2.77. The van der Waals surface area contributed by atoms with Crippen LogP contribution in [0.4, 0.5) is 5.82 Å². The number of aromatic nitrogens is 2. The predicted octanol–water partition coefficient (Wildman–Crippen LogP) is 0.483. The van der Waals surface area contributed by atoms with Crippen molar-refractivity contribution < 1.29 is 32.7 Å². The van der Waals surface area contributed by atoms with Crippen molar-refractivity contribution in [1.29, 1.82) is 0 Å². The Labute approximate surface area is 78.5 Å². The molecule has 0 atom stereocenters. The number of aliphatic imine (C=N–C) groups is 1. The molecule has 1 radical (unpaired) electrons. The monoisotopic (exact) mass is 194 g/mol. The SMILES string of the molecule is [CH-]=Nc1[c-]cncn1.[Y]. The normalized spacial score (nSPS) is 7.56. The predicted molar refractivity (Wildman–Crippen MR) is 29.0 cm³/mol. The second-order valence-electron chi connectivity index (χ2n) is 1.12. The van der Waals surface area contributed by atoms with E-state index in [2.05, 4.69) is 21.0 Å². The minimum atomic E-state index is 0. The van der Waals surface area contributed by atoms with Gasteiger partial charge in [-0.15, -0.1) is 0 Å². The van der Waals surface area contributed by atoms with Gasteiger partial charge in [0.2, 0.25) is 0 Å². The van der Waals surface area contributed by atoms with Crippen LogP contribution in [0.3, 0.4) is 0 Å². The molecule has 1 heterocycles. The van der Waals surface area contributed by atoms with Gasteiger partial charge in [0.05, 0.1) is 6.33 Å². The molecule has 9 heavy (non-hydrogen) atoms. The Morgan fingerprint density at radius 2 is 2.44 bits per heavy atom. The molecular formula is C5H3N3Y-2. The second-order valence-corrected chi connectivity index (χ2v) is 1.12. The molecule has 0 amide bonds. The van der Waals surface area contributed by atoms with Crippen molar-refractivity contribution >= 4 is 12.5 Å². The molecule has 0 aliphatic heterocycles. The molecule has 43 valence electrons. The summed E-state index contributed by atoms with van der Waals surface area (Å²) >= 11 is 0. The molecule has 0 fully saturated rings. The fourth-order valence-electron chi connectivity index (χ4n) is 0.324. The molecule has 0 bridgehead atoms. The Bertz CT molecular complexity index is 175. The molecule has 3 nitrogen and oxygen atoms in total. The summed E-state index contributed by atoms with van der Waals surface area (Å²) in [4.78, 5) is 10.5. The second kappa shape index (κ2) is 4.71. The first-order valence-corrected chi connectivity index (χ1v) is 2.02. The van der Waals surface area contributed by atoms with Crippen molar-refractivity contribution in [3.8, 4) is 0 Å². The summed E-state index contributed by atoms with van der Waals surface area (Å²) in [5, 5.41) is 0. The molecule has 0 N–H and O–H groups in total. The van der Waals surface area contributed by atoms with E-state index in [0.717, 1.165) is 0 Å². The maximum absolute atomic E-state index is 4.85. The average molecular weight is 194 g/mol. The first-order chi connectivity index (χ1) is 3.93. The van der Waals surface area contributed by atoms with E-state index in [9.17, 15) is 0 Å². The van der Waals surface area contributed by atoms with E-state index in [1.807, 2.05) is 0 Å². The van der Waals surface area contributed by atoms with Crippen LogP contribution >= 0.6 is 0 Å². The zero-order valence-corrected chi connectivity index (χ0v) is 7.49. The summed E-state index contributed by atoms with van der Waals surface area (Å²) in [6.07, 6.45) is 2.82. The molecule has 0 aromatic carbocycles. The summed E-state index contributed by atoms with van der Waals surface area (Å²) in [6, 6.07) is 2.60. The molecule has 0 unspecified atom stereocenters. The van der Waals surface area contributed by atoms with Crippen LogP contribution in [-0.4, -0.2) is 16.7 Å². The van der Waals surface area contributed by atoms with Gasteiger partial charge in [0.15, 0.2) is 0 Å². The third-order valence-electron chi connectivity index (χ3n) is 0.637. The van der Waals surface area contributed by atoms with Crippen molar-refractivity contribution in [3.63, 3.8) is 0 Å². The van der Waals surface area contributed by atoms with Crippen LogP contribution in [0.5, 0.6) is 0 Å². The fraction of sp³-hybridized carbons (Fsp3) is 0. The zero-order valence-electron chi connectivity index (χ0n) is 4.65. The van der Waals surface area contributed by atoms with Gasteiger partial charge >= 0.3 is 0 Å². The number of hydrogen-bond donors (Lipinski definition) is 0. The quantitative estimate of drug-likeness (QED) is 0.481. The topological polar surface area (TPSA) is 38.1 Å². The number of rotatable bonds is 1. The minimum Gasteiger partial charge on any atom is -0.514 e. The van der Waals surface area contributed by atoms with Gasteiger partial charge in [-0.25, -0.2) is 0 Å². The molecule has 1 rings (SSSR count). The van der Waals surface area contributed by atoms with Crippen molar-refractivity contribution in [2.75, 3.05) is 0 Å². The van der Waals surface area contributed by atoms with Crippen LogP contribution in [0.25, 0.3) is 0 Å². The van der Waals surface area contributed by atoms with Gasteiger partial charge in [0.25, 0.3) is 0 Å². The van der Waals surface area contributed by atoms with E-state index in [4.69, 9.17) is 6.72 Å². The molecule has 0 saturated carbocycles. The van der Waals surface area contributed by atoms with Gasteiger partial charge in [-0.05, 0) is 0 Å². The summed E-state index contributed by atoms with van der Waals surface area (Å²) < 4.78 is 0. The molecule has 0 aliphatic carbocycles.